The molecule has 0 atom stereocenters. The van der Waals surface area contributed by atoms with Gasteiger partial charge in [-0.15, -0.1) is 0 Å². The topological polar surface area (TPSA) is 58.6 Å². The van der Waals surface area contributed by atoms with E-state index >= 15 is 0 Å². The van der Waals surface area contributed by atoms with Crippen LogP contribution in [0, 0.1) is 0 Å². The number of hydrogen-bond acceptors (Lipinski definition) is 3. The predicted octanol–water partition coefficient (Wildman–Crippen LogP) is 3.54. The van der Waals surface area contributed by atoms with E-state index in [0.29, 0.717) is 6.61 Å². The summed E-state index contributed by atoms with van der Waals surface area (Å²) >= 11 is 0. The van der Waals surface area contributed by atoms with E-state index in [2.05, 4.69) is 35.6 Å². The molecule has 2 N–H and O–H groups in total. The Hall–Kier alpha value is -2.54. The number of hydrogen-bond donors (Lipinski definition) is 2. The molecule has 1 aliphatic rings. The van der Waals surface area contributed by atoms with E-state index in [4.69, 9.17) is 14.6 Å². The zero-order valence-corrected chi connectivity index (χ0v) is 13.3. The van der Waals surface area contributed by atoms with Crippen molar-refractivity contribution in [3.63, 3.8) is 0 Å². The highest BCUT2D eigenvalue weighted by atomic mass is 19.4. The Bertz CT molecular complexity index is 702. The molecule has 0 bridgehead atoms. The summed E-state index contributed by atoms with van der Waals surface area (Å²) in [4.78, 5) is 8.90. The Morgan fingerprint density at radius 3 is 2.44 bits per heavy atom. The third-order valence-electron chi connectivity index (χ3n) is 3.56. The van der Waals surface area contributed by atoms with Gasteiger partial charge in [0.05, 0.1) is 0 Å². The molecular weight excluding hydrogens is 335 g/mol. The van der Waals surface area contributed by atoms with Gasteiger partial charge in [-0.3, -0.25) is 0 Å². The van der Waals surface area contributed by atoms with Crippen molar-refractivity contribution in [2.45, 2.75) is 25.7 Å². The van der Waals surface area contributed by atoms with Crippen LogP contribution in [-0.4, -0.2) is 23.8 Å². The third-order valence-corrected chi connectivity index (χ3v) is 3.56. The predicted molar refractivity (Wildman–Crippen MR) is 86.3 cm³/mol. The van der Waals surface area contributed by atoms with E-state index in [1.807, 2.05) is 18.2 Å². The monoisotopic (exact) mass is 353 g/mol. The van der Waals surface area contributed by atoms with Crippen molar-refractivity contribution >= 4 is 5.97 Å². The number of carboxylic acids is 1. The van der Waals surface area contributed by atoms with Crippen LogP contribution >= 0.6 is 0 Å². The summed E-state index contributed by atoms with van der Waals surface area (Å²) in [5.41, 5.74) is 4.02. The highest BCUT2D eigenvalue weighted by molar-refractivity contribution is 5.73. The largest absolute Gasteiger partial charge is 0.490 e. The number of nitrogens with one attached hydrogen (secondary N) is 1. The highest BCUT2D eigenvalue weighted by Crippen LogP contribution is 2.21. The minimum Gasteiger partial charge on any atom is -0.489 e. The number of rotatable bonds is 3. The Morgan fingerprint density at radius 1 is 1.12 bits per heavy atom. The Labute approximate surface area is 143 Å². The van der Waals surface area contributed by atoms with Gasteiger partial charge in [0.15, 0.2) is 0 Å². The summed E-state index contributed by atoms with van der Waals surface area (Å²) in [6.45, 7) is 2.68. The molecule has 2 aromatic carbocycles. The van der Waals surface area contributed by atoms with Crippen LogP contribution in [0.3, 0.4) is 0 Å². The lowest BCUT2D eigenvalue weighted by Gasteiger charge is -2.18. The van der Waals surface area contributed by atoms with Crippen molar-refractivity contribution in [3.8, 4) is 5.75 Å². The summed E-state index contributed by atoms with van der Waals surface area (Å²) in [5, 5.41) is 10.5. The van der Waals surface area contributed by atoms with Crippen molar-refractivity contribution in [2.24, 2.45) is 0 Å². The van der Waals surface area contributed by atoms with Crippen LogP contribution in [0.4, 0.5) is 13.2 Å². The first kappa shape index (κ1) is 18.8. The molecule has 4 nitrogen and oxygen atoms in total. The minimum atomic E-state index is -5.08. The number of carboxylic acid groups (broad SMARTS) is 1. The first-order chi connectivity index (χ1) is 11.9. The SMILES string of the molecule is O=C(O)C(F)(F)F.c1ccc(COc2ccc3c(c2)CCNC3)cc1. The van der Waals surface area contributed by atoms with E-state index in [0.717, 1.165) is 25.3 Å². The molecule has 134 valence electrons. The van der Waals surface area contributed by atoms with Gasteiger partial charge in [0, 0.05) is 6.54 Å². The van der Waals surface area contributed by atoms with Gasteiger partial charge in [0.1, 0.15) is 12.4 Å². The summed E-state index contributed by atoms with van der Waals surface area (Å²) in [5.74, 6) is -1.79. The van der Waals surface area contributed by atoms with Crippen molar-refractivity contribution < 1.29 is 27.8 Å². The van der Waals surface area contributed by atoms with Gasteiger partial charge in [0.25, 0.3) is 0 Å². The zero-order chi connectivity index (χ0) is 18.3. The van der Waals surface area contributed by atoms with Gasteiger partial charge in [-0.2, -0.15) is 13.2 Å². The molecule has 0 amide bonds. The molecule has 0 saturated carbocycles. The fraction of sp³-hybridized carbons (Fsp3) is 0.278. The average Bonchev–Trinajstić information content (AvgIpc) is 2.60. The second-order valence-corrected chi connectivity index (χ2v) is 5.43. The fourth-order valence-electron chi connectivity index (χ4n) is 2.28. The Morgan fingerprint density at radius 2 is 1.80 bits per heavy atom. The van der Waals surface area contributed by atoms with Gasteiger partial charge < -0.3 is 15.2 Å². The van der Waals surface area contributed by atoms with Gasteiger partial charge in [-0.05, 0) is 41.8 Å². The number of halogens is 3. The molecule has 0 spiro atoms. The number of ether oxygens (including phenoxy) is 1. The van der Waals surface area contributed by atoms with Crippen molar-refractivity contribution in [3.05, 3.63) is 65.2 Å². The van der Waals surface area contributed by atoms with Crippen LogP contribution in [0.25, 0.3) is 0 Å². The molecule has 25 heavy (non-hydrogen) atoms. The second-order valence-electron chi connectivity index (χ2n) is 5.43. The van der Waals surface area contributed by atoms with Crippen LogP contribution in [-0.2, 0) is 24.4 Å². The molecule has 1 heterocycles. The van der Waals surface area contributed by atoms with Crippen molar-refractivity contribution in [1.29, 1.82) is 0 Å². The lowest BCUT2D eigenvalue weighted by atomic mass is 10.0. The third kappa shape index (κ3) is 6.11. The number of carbonyl (C=O) groups is 1. The summed E-state index contributed by atoms with van der Waals surface area (Å²) in [6, 6.07) is 16.7. The fourth-order valence-corrected chi connectivity index (χ4v) is 2.28. The molecule has 0 aliphatic carbocycles. The van der Waals surface area contributed by atoms with Crippen LogP contribution in [0.5, 0.6) is 5.75 Å². The lowest BCUT2D eigenvalue weighted by molar-refractivity contribution is -0.192. The van der Waals surface area contributed by atoms with E-state index < -0.39 is 12.1 Å². The summed E-state index contributed by atoms with van der Waals surface area (Å²) in [6.07, 6.45) is -3.99. The number of fused-ring (bicyclic) bond motifs is 1. The molecule has 0 radical (unpaired) electrons. The molecule has 0 aromatic heterocycles. The van der Waals surface area contributed by atoms with Gasteiger partial charge >= 0.3 is 12.1 Å². The molecule has 0 saturated heterocycles. The highest BCUT2D eigenvalue weighted by Gasteiger charge is 2.38. The van der Waals surface area contributed by atoms with Gasteiger partial charge in [-0.25, -0.2) is 4.79 Å². The first-order valence-corrected chi connectivity index (χ1v) is 7.65. The van der Waals surface area contributed by atoms with E-state index in [1.54, 1.807) is 0 Å². The normalized spacial score (nSPS) is 13.2. The number of aliphatic carboxylic acids is 1. The lowest BCUT2D eigenvalue weighted by Crippen LogP contribution is -2.23. The van der Waals surface area contributed by atoms with Gasteiger partial charge in [-0.1, -0.05) is 36.4 Å². The molecule has 0 unspecified atom stereocenters. The van der Waals surface area contributed by atoms with Crippen LogP contribution in [0.15, 0.2) is 48.5 Å². The van der Waals surface area contributed by atoms with Crippen molar-refractivity contribution in [1.82, 2.24) is 5.32 Å². The van der Waals surface area contributed by atoms with Gasteiger partial charge in [0.2, 0.25) is 0 Å². The summed E-state index contributed by atoms with van der Waals surface area (Å²) in [7, 11) is 0. The quantitative estimate of drug-likeness (QED) is 0.886. The van der Waals surface area contributed by atoms with Crippen LogP contribution in [0.2, 0.25) is 0 Å². The van der Waals surface area contributed by atoms with E-state index in [-0.39, 0.29) is 0 Å². The molecule has 7 heteroatoms. The molecule has 0 fully saturated rings. The smallest absolute Gasteiger partial charge is 0.489 e. The zero-order valence-electron chi connectivity index (χ0n) is 13.3. The first-order valence-electron chi connectivity index (χ1n) is 7.65. The standard InChI is InChI=1S/C16H17NO.C2HF3O2/c1-2-4-13(5-3-1)12-18-16-7-6-15-11-17-9-8-14(15)10-16;3-2(4,5)1(6)7/h1-7,10,17H,8-9,11-12H2;(H,6,7). The van der Waals surface area contributed by atoms with E-state index in [9.17, 15) is 13.2 Å². The van der Waals surface area contributed by atoms with E-state index in [1.165, 1.54) is 16.7 Å². The minimum absolute atomic E-state index is 0.637. The van der Waals surface area contributed by atoms with Crippen LogP contribution < -0.4 is 10.1 Å². The molecule has 3 rings (SSSR count). The Kier molecular flexibility index (Phi) is 6.41. The maximum Gasteiger partial charge on any atom is 0.490 e. The van der Waals surface area contributed by atoms with Crippen molar-refractivity contribution in [2.75, 3.05) is 6.54 Å². The Balaban J connectivity index is 0.000000277. The number of alkyl halides is 3. The maximum atomic E-state index is 10.6. The molecule has 2 aromatic rings. The maximum absolute atomic E-state index is 10.6. The second kappa shape index (κ2) is 8.53. The molecular formula is C18H18F3NO3. The summed E-state index contributed by atoms with van der Waals surface area (Å²) < 4.78 is 37.6. The average molecular weight is 353 g/mol. The molecule has 1 aliphatic heterocycles. The van der Waals surface area contributed by atoms with Crippen LogP contribution in [0.1, 0.15) is 16.7 Å². The number of benzene rings is 2.